The highest BCUT2D eigenvalue weighted by atomic mass is 15.2. The first-order valence-corrected chi connectivity index (χ1v) is 7.45. The van der Waals surface area contributed by atoms with E-state index >= 15 is 0 Å². The monoisotopic (exact) mass is 283 g/mol. The third-order valence-corrected chi connectivity index (χ3v) is 3.84. The predicted molar refractivity (Wildman–Crippen MR) is 86.1 cm³/mol. The molecule has 2 aromatic rings. The van der Waals surface area contributed by atoms with Gasteiger partial charge in [0, 0.05) is 24.7 Å². The molecule has 0 saturated carbocycles. The van der Waals surface area contributed by atoms with Crippen molar-refractivity contribution in [3.63, 3.8) is 0 Å². The molecule has 1 aromatic carbocycles. The van der Waals surface area contributed by atoms with E-state index in [1.54, 1.807) is 0 Å². The lowest BCUT2D eigenvalue weighted by Crippen LogP contribution is -2.19. The summed E-state index contributed by atoms with van der Waals surface area (Å²) < 4.78 is 0. The molecular weight excluding hydrogens is 262 g/mol. The maximum absolute atomic E-state index is 5.88. The number of hydrogen-bond acceptors (Lipinski definition) is 5. The molecule has 5 nitrogen and oxygen atoms in total. The molecule has 1 saturated heterocycles. The molecule has 0 aliphatic carbocycles. The van der Waals surface area contributed by atoms with Gasteiger partial charge in [-0.15, -0.1) is 0 Å². The van der Waals surface area contributed by atoms with Crippen molar-refractivity contribution < 1.29 is 0 Å². The molecule has 0 unspecified atom stereocenters. The minimum absolute atomic E-state index is 0.334. The highest BCUT2D eigenvalue weighted by Crippen LogP contribution is 2.25. The van der Waals surface area contributed by atoms with Crippen molar-refractivity contribution in [2.45, 2.75) is 19.3 Å². The molecule has 110 valence electrons. The van der Waals surface area contributed by atoms with Gasteiger partial charge >= 0.3 is 0 Å². The number of nitrogens with zero attached hydrogens (tertiary/aromatic N) is 3. The lowest BCUT2D eigenvalue weighted by molar-refractivity contribution is 0.932. The Morgan fingerprint density at radius 2 is 1.76 bits per heavy atom. The summed E-state index contributed by atoms with van der Waals surface area (Å²) in [7, 11) is 0. The molecule has 4 N–H and O–H groups in total. The fourth-order valence-corrected chi connectivity index (χ4v) is 2.72. The first-order chi connectivity index (χ1) is 10.3. The molecule has 0 atom stereocenters. The Morgan fingerprint density at radius 3 is 2.43 bits per heavy atom. The van der Waals surface area contributed by atoms with Crippen LogP contribution in [0, 0.1) is 0 Å². The Kier molecular flexibility index (Phi) is 4.01. The van der Waals surface area contributed by atoms with Crippen molar-refractivity contribution in [1.29, 1.82) is 0 Å². The lowest BCUT2D eigenvalue weighted by Gasteiger charge is -2.17. The summed E-state index contributed by atoms with van der Waals surface area (Å²) in [6.07, 6.45) is 3.32. The van der Waals surface area contributed by atoms with E-state index in [2.05, 4.69) is 39.1 Å². The standard InChI is InChI=1S/C16H21N5/c17-8-7-12-3-5-13(6-4-12)14-11-15(20-16(18)19-14)21-9-1-2-10-21/h3-6,11H,1-2,7-10,17H2,(H2,18,19,20). The van der Waals surface area contributed by atoms with E-state index in [1.165, 1.54) is 18.4 Å². The van der Waals surface area contributed by atoms with Crippen molar-refractivity contribution in [3.05, 3.63) is 35.9 Å². The molecule has 0 amide bonds. The third kappa shape index (κ3) is 3.13. The van der Waals surface area contributed by atoms with Gasteiger partial charge in [0.25, 0.3) is 0 Å². The van der Waals surface area contributed by atoms with Crippen LogP contribution in [0.2, 0.25) is 0 Å². The average molecular weight is 283 g/mol. The Labute approximate surface area is 125 Å². The van der Waals surface area contributed by atoms with Crippen molar-refractivity contribution in [2.24, 2.45) is 5.73 Å². The van der Waals surface area contributed by atoms with Crippen LogP contribution in [0.3, 0.4) is 0 Å². The van der Waals surface area contributed by atoms with Gasteiger partial charge in [-0.25, -0.2) is 4.98 Å². The molecule has 0 bridgehead atoms. The molecule has 3 rings (SSSR count). The maximum Gasteiger partial charge on any atom is 0.222 e. The first kappa shape index (κ1) is 13.8. The van der Waals surface area contributed by atoms with Gasteiger partial charge in [0.15, 0.2) is 0 Å². The van der Waals surface area contributed by atoms with E-state index in [4.69, 9.17) is 11.5 Å². The number of nitrogen functional groups attached to an aromatic ring is 1. The van der Waals surface area contributed by atoms with Gasteiger partial charge in [-0.2, -0.15) is 4.98 Å². The van der Waals surface area contributed by atoms with Crippen molar-refractivity contribution in [1.82, 2.24) is 9.97 Å². The highest BCUT2D eigenvalue weighted by Gasteiger charge is 2.15. The lowest BCUT2D eigenvalue weighted by atomic mass is 10.1. The van der Waals surface area contributed by atoms with E-state index in [0.717, 1.165) is 36.6 Å². The molecule has 1 aliphatic heterocycles. The number of hydrogen-bond donors (Lipinski definition) is 2. The molecule has 1 aliphatic rings. The molecule has 5 heteroatoms. The number of anilines is 2. The zero-order valence-electron chi connectivity index (χ0n) is 12.1. The minimum Gasteiger partial charge on any atom is -0.368 e. The second kappa shape index (κ2) is 6.10. The smallest absolute Gasteiger partial charge is 0.222 e. The summed E-state index contributed by atoms with van der Waals surface area (Å²) in [6, 6.07) is 10.4. The molecular formula is C16H21N5. The Morgan fingerprint density at radius 1 is 1.05 bits per heavy atom. The second-order valence-electron chi connectivity index (χ2n) is 5.40. The molecule has 21 heavy (non-hydrogen) atoms. The van der Waals surface area contributed by atoms with Gasteiger partial charge in [0.05, 0.1) is 5.69 Å². The van der Waals surface area contributed by atoms with Crippen molar-refractivity contribution in [2.75, 3.05) is 30.3 Å². The molecule has 0 radical (unpaired) electrons. The van der Waals surface area contributed by atoms with Gasteiger partial charge < -0.3 is 16.4 Å². The van der Waals surface area contributed by atoms with Gasteiger partial charge in [-0.3, -0.25) is 0 Å². The maximum atomic E-state index is 5.88. The van der Waals surface area contributed by atoms with Gasteiger partial charge in [0.1, 0.15) is 5.82 Å². The third-order valence-electron chi connectivity index (χ3n) is 3.84. The zero-order chi connectivity index (χ0) is 14.7. The number of rotatable bonds is 4. The Hall–Kier alpha value is -2.14. The summed E-state index contributed by atoms with van der Waals surface area (Å²) in [5, 5.41) is 0. The summed E-state index contributed by atoms with van der Waals surface area (Å²) in [5.41, 5.74) is 14.6. The average Bonchev–Trinajstić information content (AvgIpc) is 3.02. The van der Waals surface area contributed by atoms with Gasteiger partial charge in [-0.05, 0) is 31.4 Å². The molecule has 0 spiro atoms. The number of benzene rings is 1. The predicted octanol–water partition coefficient (Wildman–Crippen LogP) is 1.83. The SMILES string of the molecule is NCCc1ccc(-c2cc(N3CCCC3)nc(N)n2)cc1. The van der Waals surface area contributed by atoms with Crippen molar-refractivity contribution >= 4 is 11.8 Å². The normalized spacial score (nSPS) is 14.6. The van der Waals surface area contributed by atoms with E-state index in [9.17, 15) is 0 Å². The summed E-state index contributed by atoms with van der Waals surface area (Å²) in [4.78, 5) is 11.0. The fourth-order valence-electron chi connectivity index (χ4n) is 2.72. The topological polar surface area (TPSA) is 81.1 Å². The Balaban J connectivity index is 1.90. The van der Waals surface area contributed by atoms with Crippen LogP contribution < -0.4 is 16.4 Å². The van der Waals surface area contributed by atoms with E-state index < -0.39 is 0 Å². The van der Waals surface area contributed by atoms with Crippen LogP contribution in [0.4, 0.5) is 11.8 Å². The quantitative estimate of drug-likeness (QED) is 0.894. The van der Waals surface area contributed by atoms with Crippen LogP contribution >= 0.6 is 0 Å². The minimum atomic E-state index is 0.334. The number of nitrogens with two attached hydrogens (primary N) is 2. The van der Waals surface area contributed by atoms with Crippen LogP contribution in [0.5, 0.6) is 0 Å². The van der Waals surface area contributed by atoms with Crippen LogP contribution in [-0.4, -0.2) is 29.6 Å². The van der Waals surface area contributed by atoms with Gasteiger partial charge in [0.2, 0.25) is 5.95 Å². The summed E-state index contributed by atoms with van der Waals surface area (Å²) >= 11 is 0. The summed E-state index contributed by atoms with van der Waals surface area (Å²) in [5.74, 6) is 1.27. The highest BCUT2D eigenvalue weighted by molar-refractivity contribution is 5.65. The summed E-state index contributed by atoms with van der Waals surface area (Å²) in [6.45, 7) is 2.76. The van der Waals surface area contributed by atoms with E-state index in [1.807, 2.05) is 6.07 Å². The van der Waals surface area contributed by atoms with Gasteiger partial charge in [-0.1, -0.05) is 24.3 Å². The molecule has 1 fully saturated rings. The van der Waals surface area contributed by atoms with E-state index in [-0.39, 0.29) is 0 Å². The van der Waals surface area contributed by atoms with Crippen LogP contribution in [0.15, 0.2) is 30.3 Å². The fraction of sp³-hybridized carbons (Fsp3) is 0.375. The Bertz CT molecular complexity index is 603. The largest absolute Gasteiger partial charge is 0.368 e. The zero-order valence-corrected chi connectivity index (χ0v) is 12.1. The van der Waals surface area contributed by atoms with Crippen LogP contribution in [0.1, 0.15) is 18.4 Å². The van der Waals surface area contributed by atoms with Crippen LogP contribution in [-0.2, 0) is 6.42 Å². The van der Waals surface area contributed by atoms with Crippen molar-refractivity contribution in [3.8, 4) is 11.3 Å². The number of aromatic nitrogens is 2. The first-order valence-electron chi connectivity index (χ1n) is 7.45. The second-order valence-corrected chi connectivity index (χ2v) is 5.40. The van der Waals surface area contributed by atoms with E-state index in [0.29, 0.717) is 12.5 Å². The molecule has 1 aromatic heterocycles. The van der Waals surface area contributed by atoms with Crippen LogP contribution in [0.25, 0.3) is 11.3 Å². The molecule has 2 heterocycles.